The standard InChI is InChI=1S/C10H10BrF2NO3/c1-2-17-10(16)6-4-14-9(15)7(8(12)13)5(6)3-11/h4,8H,2-3H2,1H3,(H,14,15). The van der Waals surface area contributed by atoms with Gasteiger partial charge in [-0.2, -0.15) is 0 Å². The molecule has 0 atom stereocenters. The van der Waals surface area contributed by atoms with Gasteiger partial charge in [0.25, 0.3) is 12.0 Å². The minimum atomic E-state index is -2.94. The molecule has 0 aliphatic heterocycles. The minimum absolute atomic E-state index is 0.0231. The van der Waals surface area contributed by atoms with Crippen molar-refractivity contribution < 1.29 is 18.3 Å². The SMILES string of the molecule is CCOC(=O)c1c[nH]c(=O)c(C(F)F)c1CBr. The van der Waals surface area contributed by atoms with Crippen molar-refractivity contribution in [1.29, 1.82) is 0 Å². The number of hydrogen-bond donors (Lipinski definition) is 1. The van der Waals surface area contributed by atoms with Crippen LogP contribution in [0.3, 0.4) is 0 Å². The number of alkyl halides is 3. The second-order valence-electron chi connectivity index (χ2n) is 3.08. The molecule has 7 heteroatoms. The predicted molar refractivity (Wildman–Crippen MR) is 60.6 cm³/mol. The maximum absolute atomic E-state index is 12.7. The highest BCUT2D eigenvalue weighted by Gasteiger charge is 2.23. The van der Waals surface area contributed by atoms with Crippen molar-refractivity contribution in [2.24, 2.45) is 0 Å². The Bertz CT molecular complexity index is 473. The fraction of sp³-hybridized carbons (Fsp3) is 0.400. The maximum atomic E-state index is 12.7. The summed E-state index contributed by atoms with van der Waals surface area (Å²) >= 11 is 2.99. The number of carbonyl (C=O) groups excluding carboxylic acids is 1. The zero-order valence-electron chi connectivity index (χ0n) is 8.93. The largest absolute Gasteiger partial charge is 0.462 e. The molecule has 0 unspecified atom stereocenters. The van der Waals surface area contributed by atoms with E-state index in [1.54, 1.807) is 6.92 Å². The summed E-state index contributed by atoms with van der Waals surface area (Å²) in [6.45, 7) is 1.73. The Morgan fingerprint density at radius 2 is 2.24 bits per heavy atom. The van der Waals surface area contributed by atoms with Gasteiger partial charge in [0.05, 0.1) is 17.7 Å². The summed E-state index contributed by atoms with van der Waals surface area (Å²) in [6, 6.07) is 0. The van der Waals surface area contributed by atoms with Gasteiger partial charge in [0, 0.05) is 11.5 Å². The Hall–Kier alpha value is -1.24. The summed E-state index contributed by atoms with van der Waals surface area (Å²) in [5.74, 6) is -0.736. The third-order valence-electron chi connectivity index (χ3n) is 2.09. The molecule has 0 bridgehead atoms. The Morgan fingerprint density at radius 1 is 1.59 bits per heavy atom. The summed E-state index contributed by atoms with van der Waals surface area (Å²) in [5.41, 5.74) is -1.70. The molecule has 1 aromatic rings. The number of halogens is 3. The van der Waals surface area contributed by atoms with Crippen molar-refractivity contribution in [3.8, 4) is 0 Å². The van der Waals surface area contributed by atoms with Crippen LogP contribution in [0, 0.1) is 0 Å². The number of rotatable bonds is 4. The highest BCUT2D eigenvalue weighted by atomic mass is 79.9. The van der Waals surface area contributed by atoms with E-state index in [0.717, 1.165) is 6.20 Å². The van der Waals surface area contributed by atoms with E-state index in [2.05, 4.69) is 20.9 Å². The predicted octanol–water partition coefficient (Wildman–Crippen LogP) is 2.38. The molecule has 17 heavy (non-hydrogen) atoms. The first-order chi connectivity index (χ1) is 8.02. The molecule has 94 valence electrons. The van der Waals surface area contributed by atoms with Gasteiger partial charge >= 0.3 is 5.97 Å². The lowest BCUT2D eigenvalue weighted by atomic mass is 10.1. The van der Waals surface area contributed by atoms with Gasteiger partial charge in [-0.3, -0.25) is 4.79 Å². The fourth-order valence-electron chi connectivity index (χ4n) is 1.35. The number of aromatic nitrogens is 1. The number of hydrogen-bond acceptors (Lipinski definition) is 3. The second kappa shape index (κ2) is 5.90. The smallest absolute Gasteiger partial charge is 0.339 e. The van der Waals surface area contributed by atoms with Gasteiger partial charge in [-0.15, -0.1) is 0 Å². The third kappa shape index (κ3) is 2.91. The summed E-state index contributed by atoms with van der Waals surface area (Å²) in [5, 5.41) is -0.0231. The van der Waals surface area contributed by atoms with Crippen LogP contribution in [0.5, 0.6) is 0 Å². The highest BCUT2D eigenvalue weighted by molar-refractivity contribution is 9.08. The molecule has 1 aromatic heterocycles. The molecule has 0 saturated carbocycles. The van der Waals surface area contributed by atoms with Crippen LogP contribution in [0.25, 0.3) is 0 Å². The van der Waals surface area contributed by atoms with E-state index in [4.69, 9.17) is 4.74 Å². The monoisotopic (exact) mass is 309 g/mol. The zero-order valence-corrected chi connectivity index (χ0v) is 10.5. The van der Waals surface area contributed by atoms with E-state index in [-0.39, 0.29) is 23.1 Å². The number of nitrogens with one attached hydrogen (secondary N) is 1. The summed E-state index contributed by atoms with van der Waals surface area (Å²) in [7, 11) is 0. The normalized spacial score (nSPS) is 10.6. The van der Waals surface area contributed by atoms with Crippen molar-refractivity contribution in [2.45, 2.75) is 18.7 Å². The number of H-pyrrole nitrogens is 1. The first kappa shape index (κ1) is 13.8. The molecule has 0 radical (unpaired) electrons. The molecule has 0 amide bonds. The van der Waals surface area contributed by atoms with Crippen molar-refractivity contribution >= 4 is 21.9 Å². The molecule has 0 fully saturated rings. The van der Waals surface area contributed by atoms with Crippen LogP contribution in [0.4, 0.5) is 8.78 Å². The molecule has 0 aliphatic rings. The van der Waals surface area contributed by atoms with Crippen molar-refractivity contribution in [3.63, 3.8) is 0 Å². The third-order valence-corrected chi connectivity index (χ3v) is 2.65. The van der Waals surface area contributed by atoms with E-state index in [1.807, 2.05) is 0 Å². The molecule has 0 saturated heterocycles. The van der Waals surface area contributed by atoms with Crippen LogP contribution in [-0.4, -0.2) is 17.6 Å². The van der Waals surface area contributed by atoms with Crippen LogP contribution in [0.15, 0.2) is 11.0 Å². The molecule has 0 aromatic carbocycles. The Morgan fingerprint density at radius 3 is 2.71 bits per heavy atom. The van der Waals surface area contributed by atoms with Gasteiger partial charge in [-0.1, -0.05) is 15.9 Å². The van der Waals surface area contributed by atoms with Crippen molar-refractivity contribution in [1.82, 2.24) is 4.98 Å². The molecule has 0 spiro atoms. The first-order valence-corrected chi connectivity index (χ1v) is 5.90. The van der Waals surface area contributed by atoms with Crippen LogP contribution < -0.4 is 5.56 Å². The molecular formula is C10H10BrF2NO3. The molecule has 4 nitrogen and oxygen atoms in total. The maximum Gasteiger partial charge on any atom is 0.339 e. The fourth-order valence-corrected chi connectivity index (χ4v) is 1.95. The number of esters is 1. The average Bonchev–Trinajstić information content (AvgIpc) is 2.27. The van der Waals surface area contributed by atoms with E-state index in [0.29, 0.717) is 0 Å². The van der Waals surface area contributed by atoms with E-state index < -0.39 is 23.5 Å². The average molecular weight is 310 g/mol. The topological polar surface area (TPSA) is 59.2 Å². The number of pyridine rings is 1. The Balaban J connectivity index is 3.38. The lowest BCUT2D eigenvalue weighted by Crippen LogP contribution is -2.20. The summed E-state index contributed by atoms with van der Waals surface area (Å²) in [6.07, 6.45) is -1.86. The van der Waals surface area contributed by atoms with Gasteiger partial charge < -0.3 is 9.72 Å². The lowest BCUT2D eigenvalue weighted by Gasteiger charge is -2.10. The van der Waals surface area contributed by atoms with E-state index in [1.165, 1.54) is 0 Å². The zero-order chi connectivity index (χ0) is 13.0. The molecule has 0 aliphatic carbocycles. The van der Waals surface area contributed by atoms with Crippen LogP contribution in [-0.2, 0) is 10.1 Å². The van der Waals surface area contributed by atoms with Gasteiger partial charge in [0.2, 0.25) is 0 Å². The number of carbonyl (C=O) groups is 1. The first-order valence-electron chi connectivity index (χ1n) is 4.78. The highest BCUT2D eigenvalue weighted by Crippen LogP contribution is 2.24. The molecule has 1 heterocycles. The summed E-state index contributed by atoms with van der Waals surface area (Å²) in [4.78, 5) is 24.9. The second-order valence-corrected chi connectivity index (χ2v) is 3.64. The van der Waals surface area contributed by atoms with Crippen LogP contribution >= 0.6 is 15.9 Å². The van der Waals surface area contributed by atoms with Gasteiger partial charge in [-0.05, 0) is 12.5 Å². The quantitative estimate of drug-likeness (QED) is 0.686. The van der Waals surface area contributed by atoms with E-state index >= 15 is 0 Å². The van der Waals surface area contributed by atoms with Crippen molar-refractivity contribution in [3.05, 3.63) is 33.2 Å². The van der Waals surface area contributed by atoms with Crippen molar-refractivity contribution in [2.75, 3.05) is 6.61 Å². The Kier molecular flexibility index (Phi) is 4.80. The molecule has 1 rings (SSSR count). The number of ether oxygens (including phenoxy) is 1. The molecular weight excluding hydrogens is 300 g/mol. The van der Waals surface area contributed by atoms with Gasteiger partial charge in [0.15, 0.2) is 0 Å². The summed E-state index contributed by atoms with van der Waals surface area (Å²) < 4.78 is 30.1. The van der Waals surface area contributed by atoms with Crippen LogP contribution in [0.1, 0.15) is 34.8 Å². The minimum Gasteiger partial charge on any atom is -0.462 e. The number of aromatic amines is 1. The van der Waals surface area contributed by atoms with E-state index in [9.17, 15) is 18.4 Å². The molecule has 1 N–H and O–H groups in total. The van der Waals surface area contributed by atoms with Gasteiger partial charge in [0.1, 0.15) is 0 Å². The lowest BCUT2D eigenvalue weighted by molar-refractivity contribution is 0.0524. The Labute approximate surface area is 104 Å². The van der Waals surface area contributed by atoms with Gasteiger partial charge in [-0.25, -0.2) is 13.6 Å². The van der Waals surface area contributed by atoms with Crippen LogP contribution in [0.2, 0.25) is 0 Å².